The Kier molecular flexibility index (Phi) is 5.52. The molecule has 5 nitrogen and oxygen atoms in total. The number of hydrogen-bond donors (Lipinski definition) is 2. The fraction of sp³-hybridized carbons (Fsp3) is 0.500. The number of amides is 1. The van der Waals surface area contributed by atoms with Crippen molar-refractivity contribution in [3.8, 4) is 0 Å². The average Bonchev–Trinajstić information content (AvgIpc) is 2.39. The molecule has 1 aromatic rings. The van der Waals surface area contributed by atoms with Gasteiger partial charge in [-0.2, -0.15) is 0 Å². The van der Waals surface area contributed by atoms with Crippen LogP contribution in [0, 0.1) is 5.82 Å². The monoisotopic (exact) mass is 311 g/mol. The van der Waals surface area contributed by atoms with Crippen LogP contribution in [-0.2, 0) is 14.9 Å². The van der Waals surface area contributed by atoms with Crippen LogP contribution in [0.15, 0.2) is 24.3 Å². The Balaban J connectivity index is 2.96. The van der Waals surface area contributed by atoms with E-state index < -0.39 is 28.9 Å². The molecule has 0 aliphatic heterocycles. The van der Waals surface area contributed by atoms with Crippen LogP contribution >= 0.6 is 0 Å². The minimum absolute atomic E-state index is 0.140. The standard InChI is InChI=1S/C16H22FNO4/c1-5-16(13(19)20,11-6-8-12(17)9-7-11)10-18-14(21)22-15(2,3)4/h6-9H,5,10H2,1-4H3,(H,18,21)(H,19,20). The van der Waals surface area contributed by atoms with Gasteiger partial charge in [0.2, 0.25) is 0 Å². The van der Waals surface area contributed by atoms with Gasteiger partial charge in [0.1, 0.15) is 16.8 Å². The Labute approximate surface area is 129 Å². The first-order chi connectivity index (χ1) is 10.1. The number of aliphatic carboxylic acids is 1. The van der Waals surface area contributed by atoms with Gasteiger partial charge in [-0.1, -0.05) is 19.1 Å². The molecule has 0 fully saturated rings. The molecular formula is C16H22FNO4. The molecule has 122 valence electrons. The summed E-state index contributed by atoms with van der Waals surface area (Å²) in [4.78, 5) is 23.5. The van der Waals surface area contributed by atoms with E-state index in [0.29, 0.717) is 5.56 Å². The van der Waals surface area contributed by atoms with E-state index in [1.807, 2.05) is 0 Å². The van der Waals surface area contributed by atoms with Gasteiger partial charge in [0.15, 0.2) is 0 Å². The fourth-order valence-corrected chi connectivity index (χ4v) is 2.09. The van der Waals surface area contributed by atoms with E-state index in [2.05, 4.69) is 5.32 Å². The number of alkyl carbamates (subject to hydrolysis) is 1. The van der Waals surface area contributed by atoms with Crippen molar-refractivity contribution >= 4 is 12.1 Å². The van der Waals surface area contributed by atoms with E-state index >= 15 is 0 Å². The molecule has 0 radical (unpaired) electrons. The van der Waals surface area contributed by atoms with Gasteiger partial charge in [-0.3, -0.25) is 4.79 Å². The zero-order valence-corrected chi connectivity index (χ0v) is 13.3. The van der Waals surface area contributed by atoms with Crippen LogP contribution in [0.3, 0.4) is 0 Å². The summed E-state index contributed by atoms with van der Waals surface area (Å²) >= 11 is 0. The smallest absolute Gasteiger partial charge is 0.407 e. The average molecular weight is 311 g/mol. The molecule has 1 amide bonds. The van der Waals surface area contributed by atoms with Gasteiger partial charge in [0, 0.05) is 6.54 Å². The number of rotatable bonds is 5. The second kappa shape index (κ2) is 6.77. The van der Waals surface area contributed by atoms with Gasteiger partial charge in [0.25, 0.3) is 0 Å². The van der Waals surface area contributed by atoms with Crippen molar-refractivity contribution in [3.05, 3.63) is 35.6 Å². The summed E-state index contributed by atoms with van der Waals surface area (Å²) < 4.78 is 18.2. The number of carbonyl (C=O) groups excluding carboxylic acids is 1. The van der Waals surface area contributed by atoms with Crippen molar-refractivity contribution in [2.75, 3.05) is 6.54 Å². The van der Waals surface area contributed by atoms with E-state index in [9.17, 15) is 19.1 Å². The Morgan fingerprint density at radius 3 is 2.18 bits per heavy atom. The van der Waals surface area contributed by atoms with Crippen molar-refractivity contribution in [2.45, 2.75) is 45.1 Å². The number of hydrogen-bond acceptors (Lipinski definition) is 3. The normalized spacial score (nSPS) is 14.0. The van der Waals surface area contributed by atoms with Crippen LogP contribution in [0.2, 0.25) is 0 Å². The summed E-state index contributed by atoms with van der Waals surface area (Å²) in [7, 11) is 0. The first kappa shape index (κ1) is 17.9. The van der Waals surface area contributed by atoms with Crippen LogP contribution in [0.4, 0.5) is 9.18 Å². The number of benzene rings is 1. The van der Waals surface area contributed by atoms with E-state index in [-0.39, 0.29) is 13.0 Å². The molecule has 22 heavy (non-hydrogen) atoms. The van der Waals surface area contributed by atoms with E-state index in [1.54, 1.807) is 27.7 Å². The number of ether oxygens (including phenoxy) is 1. The molecule has 0 aliphatic rings. The third-order valence-corrected chi connectivity index (χ3v) is 3.34. The molecule has 1 atom stereocenters. The molecule has 1 unspecified atom stereocenters. The molecule has 6 heteroatoms. The van der Waals surface area contributed by atoms with Crippen molar-refractivity contribution in [3.63, 3.8) is 0 Å². The zero-order valence-electron chi connectivity index (χ0n) is 13.3. The number of carboxylic acids is 1. The highest BCUT2D eigenvalue weighted by molar-refractivity contribution is 5.82. The maximum Gasteiger partial charge on any atom is 0.407 e. The lowest BCUT2D eigenvalue weighted by atomic mass is 9.78. The van der Waals surface area contributed by atoms with Crippen molar-refractivity contribution in [2.24, 2.45) is 0 Å². The molecule has 0 spiro atoms. The topological polar surface area (TPSA) is 75.6 Å². The Hall–Kier alpha value is -2.11. The van der Waals surface area contributed by atoms with Crippen LogP contribution in [0.25, 0.3) is 0 Å². The van der Waals surface area contributed by atoms with Crippen molar-refractivity contribution < 1.29 is 23.8 Å². The predicted molar refractivity (Wildman–Crippen MR) is 80.2 cm³/mol. The van der Waals surface area contributed by atoms with Crippen LogP contribution < -0.4 is 5.32 Å². The fourth-order valence-electron chi connectivity index (χ4n) is 2.09. The summed E-state index contributed by atoms with van der Waals surface area (Å²) in [5.41, 5.74) is -1.57. The molecule has 0 saturated carbocycles. The first-order valence-electron chi connectivity index (χ1n) is 7.07. The highest BCUT2D eigenvalue weighted by Crippen LogP contribution is 2.28. The molecule has 0 aromatic heterocycles. The molecule has 0 bridgehead atoms. The highest BCUT2D eigenvalue weighted by atomic mass is 19.1. The zero-order chi connectivity index (χ0) is 17.0. The van der Waals surface area contributed by atoms with Gasteiger partial charge < -0.3 is 15.2 Å². The summed E-state index contributed by atoms with van der Waals surface area (Å²) in [5, 5.41) is 12.1. The maximum absolute atomic E-state index is 13.0. The first-order valence-corrected chi connectivity index (χ1v) is 7.07. The van der Waals surface area contributed by atoms with Gasteiger partial charge in [0.05, 0.1) is 0 Å². The second-order valence-corrected chi connectivity index (χ2v) is 6.10. The van der Waals surface area contributed by atoms with Gasteiger partial charge in [-0.25, -0.2) is 9.18 Å². The number of halogens is 1. The van der Waals surface area contributed by atoms with Crippen molar-refractivity contribution in [1.82, 2.24) is 5.32 Å². The molecule has 0 saturated heterocycles. The predicted octanol–water partition coefficient (Wildman–Crippen LogP) is 3.08. The minimum Gasteiger partial charge on any atom is -0.481 e. The van der Waals surface area contributed by atoms with Crippen LogP contribution in [0.5, 0.6) is 0 Å². The molecule has 0 heterocycles. The van der Waals surface area contributed by atoms with Gasteiger partial charge in [-0.15, -0.1) is 0 Å². The molecule has 1 aromatic carbocycles. The van der Waals surface area contributed by atoms with Crippen molar-refractivity contribution in [1.29, 1.82) is 0 Å². The van der Waals surface area contributed by atoms with E-state index in [0.717, 1.165) is 0 Å². The van der Waals surface area contributed by atoms with Crippen LogP contribution in [0.1, 0.15) is 39.7 Å². The van der Waals surface area contributed by atoms with Gasteiger partial charge >= 0.3 is 12.1 Å². The Bertz CT molecular complexity index is 536. The van der Waals surface area contributed by atoms with Crippen LogP contribution in [-0.4, -0.2) is 29.3 Å². The third kappa shape index (κ3) is 4.44. The molecule has 0 aliphatic carbocycles. The Morgan fingerprint density at radius 2 is 1.77 bits per heavy atom. The SMILES string of the molecule is CCC(CNC(=O)OC(C)(C)C)(C(=O)O)c1ccc(F)cc1. The van der Waals surface area contributed by atoms with Gasteiger partial charge in [-0.05, 0) is 44.9 Å². The maximum atomic E-state index is 13.0. The lowest BCUT2D eigenvalue weighted by Crippen LogP contribution is -2.47. The summed E-state index contributed by atoms with van der Waals surface area (Å²) in [6.07, 6.45) is -0.447. The summed E-state index contributed by atoms with van der Waals surface area (Å²) in [6, 6.07) is 5.25. The number of carboxylic acid groups (broad SMARTS) is 1. The highest BCUT2D eigenvalue weighted by Gasteiger charge is 2.39. The summed E-state index contributed by atoms with van der Waals surface area (Å²) in [6.45, 7) is 6.72. The minimum atomic E-state index is -1.33. The third-order valence-electron chi connectivity index (χ3n) is 3.34. The second-order valence-electron chi connectivity index (χ2n) is 6.10. The Morgan fingerprint density at radius 1 is 1.23 bits per heavy atom. The largest absolute Gasteiger partial charge is 0.481 e. The molecule has 2 N–H and O–H groups in total. The lowest BCUT2D eigenvalue weighted by molar-refractivity contribution is -0.143. The summed E-state index contributed by atoms with van der Waals surface area (Å²) in [5.74, 6) is -1.53. The number of carbonyl (C=O) groups is 2. The lowest BCUT2D eigenvalue weighted by Gasteiger charge is -2.29. The molecule has 1 rings (SSSR count). The quantitative estimate of drug-likeness (QED) is 0.876. The van der Waals surface area contributed by atoms with E-state index in [1.165, 1.54) is 24.3 Å². The number of nitrogens with one attached hydrogen (secondary N) is 1. The van der Waals surface area contributed by atoms with E-state index in [4.69, 9.17) is 4.74 Å². The molecular weight excluding hydrogens is 289 g/mol.